The summed E-state index contributed by atoms with van der Waals surface area (Å²) in [5.41, 5.74) is 0.564. The number of allylic oxidation sites excluding steroid dienone is 1. The van der Waals surface area contributed by atoms with Crippen LogP contribution in [0.2, 0.25) is 0 Å². The summed E-state index contributed by atoms with van der Waals surface area (Å²) in [6.45, 7) is 0. The second-order valence-electron chi connectivity index (χ2n) is 2.98. The molecule has 0 aliphatic carbocycles. The van der Waals surface area contributed by atoms with Crippen LogP contribution in [-0.2, 0) is 17.2 Å². The van der Waals surface area contributed by atoms with Gasteiger partial charge in [-0.1, -0.05) is 29.8 Å². The van der Waals surface area contributed by atoms with Crippen molar-refractivity contribution in [1.82, 2.24) is 0 Å². The van der Waals surface area contributed by atoms with E-state index < -0.39 is 10.8 Å². The van der Waals surface area contributed by atoms with Gasteiger partial charge in [0.25, 0.3) is 0 Å². The van der Waals surface area contributed by atoms with Crippen LogP contribution in [0.1, 0.15) is 5.56 Å². The lowest BCUT2D eigenvalue weighted by Crippen LogP contribution is -2.12. The van der Waals surface area contributed by atoms with Gasteiger partial charge in [0.05, 0.1) is 15.7 Å². The van der Waals surface area contributed by atoms with E-state index in [-0.39, 0.29) is 5.43 Å². The van der Waals surface area contributed by atoms with Crippen LogP contribution in [0, 0.1) is 0 Å². The summed E-state index contributed by atoms with van der Waals surface area (Å²) in [5.74, 6) is 0. The summed E-state index contributed by atoms with van der Waals surface area (Å²) in [6.07, 6.45) is 0.493. The molecule has 2 rings (SSSR count). The summed E-state index contributed by atoms with van der Waals surface area (Å²) >= 11 is 5.80. The van der Waals surface area contributed by atoms with Crippen LogP contribution >= 0.6 is 11.6 Å². The first-order chi connectivity index (χ1) is 6.68. The largest absolute Gasteiger partial charge is 0.289 e. The quantitative estimate of drug-likeness (QED) is 0.676. The van der Waals surface area contributed by atoms with E-state index in [4.69, 9.17) is 11.6 Å². The highest BCUT2D eigenvalue weighted by Crippen LogP contribution is 2.22. The first-order valence-corrected chi connectivity index (χ1v) is 5.66. The maximum Gasteiger partial charge on any atom is 0.195 e. The lowest BCUT2D eigenvalue weighted by molar-refractivity contribution is 0.686. The minimum Gasteiger partial charge on any atom is -0.289 e. The maximum absolute atomic E-state index is 11.6. The second kappa shape index (κ2) is 3.67. The van der Waals surface area contributed by atoms with E-state index in [1.807, 2.05) is 0 Å². The Labute approximate surface area is 88.7 Å². The molecule has 0 aromatic heterocycles. The van der Waals surface area contributed by atoms with Crippen LogP contribution in [0.4, 0.5) is 0 Å². The van der Waals surface area contributed by atoms with E-state index >= 15 is 0 Å². The van der Waals surface area contributed by atoms with E-state index in [0.717, 1.165) is 5.56 Å². The Kier molecular flexibility index (Phi) is 2.52. The van der Waals surface area contributed by atoms with E-state index in [9.17, 15) is 9.00 Å². The third kappa shape index (κ3) is 1.65. The van der Waals surface area contributed by atoms with E-state index in [0.29, 0.717) is 16.3 Å². The highest BCUT2D eigenvalue weighted by molar-refractivity contribution is 7.88. The molecule has 0 amide bonds. The maximum atomic E-state index is 11.6. The molecule has 0 N–H and O–H groups in total. The van der Waals surface area contributed by atoms with Crippen molar-refractivity contribution >= 4 is 22.4 Å². The van der Waals surface area contributed by atoms with Crippen LogP contribution < -0.4 is 5.43 Å². The fourth-order valence-corrected chi connectivity index (χ4v) is 2.88. The summed E-state index contributed by atoms with van der Waals surface area (Å²) in [7, 11) is -1.39. The van der Waals surface area contributed by atoms with Gasteiger partial charge >= 0.3 is 0 Å². The third-order valence-corrected chi connectivity index (χ3v) is 3.70. The molecule has 0 fully saturated rings. The highest BCUT2D eigenvalue weighted by Gasteiger charge is 2.17. The number of hydrogen-bond donors (Lipinski definition) is 0. The smallest absolute Gasteiger partial charge is 0.195 e. The summed E-state index contributed by atoms with van der Waals surface area (Å²) in [6, 6.07) is 6.60. The second-order valence-corrected chi connectivity index (χ2v) is 4.70. The van der Waals surface area contributed by atoms with Gasteiger partial charge < -0.3 is 0 Å². The fourth-order valence-electron chi connectivity index (χ4n) is 1.39. The van der Waals surface area contributed by atoms with Crippen LogP contribution in [0.25, 0.3) is 0 Å². The molecule has 4 heteroatoms. The molecule has 0 radical (unpaired) electrons. The van der Waals surface area contributed by atoms with Crippen molar-refractivity contribution in [1.29, 1.82) is 0 Å². The molecule has 1 atom stereocenters. The van der Waals surface area contributed by atoms with Crippen LogP contribution in [0.15, 0.2) is 44.4 Å². The van der Waals surface area contributed by atoms with Crippen LogP contribution in [0.5, 0.6) is 0 Å². The Morgan fingerprint density at radius 3 is 2.79 bits per heavy atom. The first-order valence-electron chi connectivity index (χ1n) is 4.07. The molecule has 1 aliphatic heterocycles. The zero-order valence-corrected chi connectivity index (χ0v) is 8.77. The molecule has 0 saturated heterocycles. The highest BCUT2D eigenvalue weighted by atomic mass is 35.5. The number of halogens is 1. The Morgan fingerprint density at radius 1 is 1.29 bits per heavy atom. The minimum absolute atomic E-state index is 0.191. The molecule has 1 aliphatic rings. The van der Waals surface area contributed by atoms with Gasteiger partial charge in [-0.25, -0.2) is 4.21 Å². The zero-order valence-electron chi connectivity index (χ0n) is 7.20. The SMILES string of the molecule is O=c1ccccc2c1S(=O)C=C(Cl)C2. The van der Waals surface area contributed by atoms with E-state index in [2.05, 4.69) is 0 Å². The Morgan fingerprint density at radius 2 is 2.00 bits per heavy atom. The fraction of sp³-hybridized carbons (Fsp3) is 0.100. The molecule has 2 nitrogen and oxygen atoms in total. The van der Waals surface area contributed by atoms with Crippen molar-refractivity contribution in [2.75, 3.05) is 0 Å². The number of fused-ring (bicyclic) bond motifs is 1. The van der Waals surface area contributed by atoms with Crippen molar-refractivity contribution < 1.29 is 4.21 Å². The molecular weight excluding hydrogens is 220 g/mol. The van der Waals surface area contributed by atoms with Crippen molar-refractivity contribution in [2.45, 2.75) is 11.3 Å². The molecule has 72 valence electrons. The first kappa shape index (κ1) is 9.62. The van der Waals surface area contributed by atoms with Crippen molar-refractivity contribution in [2.24, 2.45) is 0 Å². The minimum atomic E-state index is -1.39. The summed E-state index contributed by atoms with van der Waals surface area (Å²) < 4.78 is 11.6. The predicted molar refractivity (Wildman–Crippen MR) is 56.8 cm³/mol. The topological polar surface area (TPSA) is 34.1 Å². The van der Waals surface area contributed by atoms with Gasteiger partial charge in [0, 0.05) is 16.9 Å². The third-order valence-electron chi connectivity index (χ3n) is 1.97. The molecule has 0 saturated carbocycles. The standard InChI is InChI=1S/C10H7ClO2S/c11-8-5-7-3-1-2-4-9(12)10(7)14(13)6-8/h1-4,6H,5H2. The van der Waals surface area contributed by atoms with Gasteiger partial charge in [-0.2, -0.15) is 0 Å². The van der Waals surface area contributed by atoms with Gasteiger partial charge in [-0.05, 0) is 11.6 Å². The molecular formula is C10H7ClO2S. The Hall–Kier alpha value is -0.930. The van der Waals surface area contributed by atoms with E-state index in [1.54, 1.807) is 18.2 Å². The van der Waals surface area contributed by atoms with Crippen LogP contribution in [0.3, 0.4) is 0 Å². The normalized spacial score (nSPS) is 19.8. The predicted octanol–water partition coefficient (Wildman–Crippen LogP) is 1.79. The Bertz CT molecular complexity index is 494. The number of rotatable bonds is 0. The van der Waals surface area contributed by atoms with Gasteiger partial charge in [-0.15, -0.1) is 0 Å². The van der Waals surface area contributed by atoms with Crippen molar-refractivity contribution in [3.8, 4) is 0 Å². The summed E-state index contributed by atoms with van der Waals surface area (Å²) in [4.78, 5) is 11.9. The van der Waals surface area contributed by atoms with Crippen molar-refractivity contribution in [3.63, 3.8) is 0 Å². The lowest BCUT2D eigenvalue weighted by Gasteiger charge is -2.08. The average Bonchev–Trinajstić information content (AvgIpc) is 2.27. The molecule has 1 heterocycles. The molecule has 1 aromatic rings. The number of hydrogen-bond acceptors (Lipinski definition) is 2. The Balaban J connectivity index is 2.76. The molecule has 0 bridgehead atoms. The van der Waals surface area contributed by atoms with Gasteiger partial charge in [0.2, 0.25) is 0 Å². The average molecular weight is 227 g/mol. The lowest BCUT2D eigenvalue weighted by atomic mass is 10.2. The molecule has 14 heavy (non-hydrogen) atoms. The van der Waals surface area contributed by atoms with Crippen molar-refractivity contribution in [3.05, 3.63) is 50.5 Å². The van der Waals surface area contributed by atoms with Gasteiger partial charge in [0.1, 0.15) is 0 Å². The molecule has 1 unspecified atom stereocenters. The van der Waals surface area contributed by atoms with Gasteiger partial charge in [-0.3, -0.25) is 4.79 Å². The molecule has 1 aromatic carbocycles. The van der Waals surface area contributed by atoms with E-state index in [1.165, 1.54) is 11.5 Å². The zero-order chi connectivity index (χ0) is 10.1. The monoisotopic (exact) mass is 226 g/mol. The van der Waals surface area contributed by atoms with Gasteiger partial charge in [0.15, 0.2) is 5.43 Å². The van der Waals surface area contributed by atoms with Crippen LogP contribution in [-0.4, -0.2) is 4.21 Å². The summed E-state index contributed by atoms with van der Waals surface area (Å²) in [5, 5.41) is 1.95. The molecule has 0 spiro atoms.